The normalized spacial score (nSPS) is 21.3. The Kier molecular flexibility index (Phi) is 3.97. The Balaban J connectivity index is 1.39. The van der Waals surface area contributed by atoms with Gasteiger partial charge in [-0.2, -0.15) is 0 Å². The van der Waals surface area contributed by atoms with Gasteiger partial charge in [-0.05, 0) is 42.0 Å². The van der Waals surface area contributed by atoms with E-state index in [-0.39, 0.29) is 17.4 Å². The maximum Gasteiger partial charge on any atom is 0.250 e. The lowest BCUT2D eigenvalue weighted by molar-refractivity contribution is -0.134. The van der Waals surface area contributed by atoms with E-state index in [0.717, 1.165) is 34.0 Å². The zero-order chi connectivity index (χ0) is 18.5. The molecular formula is C21H20BrN3O2. The summed E-state index contributed by atoms with van der Waals surface area (Å²) in [6.45, 7) is 2.50. The summed E-state index contributed by atoms with van der Waals surface area (Å²) in [5.74, 6) is 0.760. The van der Waals surface area contributed by atoms with E-state index in [1.807, 2.05) is 44.5 Å². The molecule has 6 heteroatoms. The molecule has 2 aliphatic heterocycles. The summed E-state index contributed by atoms with van der Waals surface area (Å²) >= 11 is 3.51. The first-order chi connectivity index (χ1) is 13.1. The van der Waals surface area contributed by atoms with Gasteiger partial charge in [0.15, 0.2) is 0 Å². The number of amides is 1. The molecule has 138 valence electrons. The minimum atomic E-state index is 0.0753. The van der Waals surface area contributed by atoms with Gasteiger partial charge in [0.05, 0.1) is 0 Å². The van der Waals surface area contributed by atoms with Crippen LogP contribution in [-0.2, 0) is 17.9 Å². The summed E-state index contributed by atoms with van der Waals surface area (Å²) in [5.41, 5.74) is 2.21. The quantitative estimate of drug-likeness (QED) is 0.632. The number of likely N-dealkylation sites (tertiary alicyclic amines) is 1. The first-order valence-corrected chi connectivity index (χ1v) is 10.1. The highest BCUT2D eigenvalue weighted by molar-refractivity contribution is 9.10. The number of piperidine rings is 1. The molecule has 0 N–H and O–H groups in total. The van der Waals surface area contributed by atoms with E-state index in [4.69, 9.17) is 0 Å². The van der Waals surface area contributed by atoms with Crippen LogP contribution >= 0.6 is 15.9 Å². The highest BCUT2D eigenvalue weighted by Gasteiger charge is 2.36. The van der Waals surface area contributed by atoms with Crippen molar-refractivity contribution in [3.8, 4) is 0 Å². The van der Waals surface area contributed by atoms with E-state index in [1.165, 1.54) is 0 Å². The van der Waals surface area contributed by atoms with Crippen molar-refractivity contribution in [2.24, 2.45) is 5.92 Å². The highest BCUT2D eigenvalue weighted by Crippen LogP contribution is 2.35. The SMILES string of the molecule is O=C(Cn1ccc2ccc(Br)cc21)N1C[C@@H]2C[C@@H](C1)c1cccc(=O)n1C2. The Hall–Kier alpha value is -2.34. The number of benzene rings is 1. The monoisotopic (exact) mass is 425 g/mol. The summed E-state index contributed by atoms with van der Waals surface area (Å²) in [7, 11) is 0. The minimum absolute atomic E-state index is 0.0753. The third-order valence-electron chi connectivity index (χ3n) is 5.87. The maximum absolute atomic E-state index is 13.0. The summed E-state index contributed by atoms with van der Waals surface area (Å²) < 4.78 is 4.93. The predicted molar refractivity (Wildman–Crippen MR) is 108 cm³/mol. The van der Waals surface area contributed by atoms with Crippen molar-refractivity contribution in [3.05, 3.63) is 69.2 Å². The van der Waals surface area contributed by atoms with Crippen LogP contribution in [-0.4, -0.2) is 33.0 Å². The third kappa shape index (κ3) is 2.92. The topological polar surface area (TPSA) is 47.2 Å². The smallest absolute Gasteiger partial charge is 0.250 e. The van der Waals surface area contributed by atoms with Crippen LogP contribution in [0.3, 0.4) is 0 Å². The van der Waals surface area contributed by atoms with Gasteiger partial charge in [0, 0.05) is 53.5 Å². The molecule has 0 aliphatic carbocycles. The molecule has 2 aromatic heterocycles. The molecule has 5 nitrogen and oxygen atoms in total. The number of hydrogen-bond donors (Lipinski definition) is 0. The molecule has 2 aliphatic rings. The van der Waals surface area contributed by atoms with Crippen molar-refractivity contribution in [1.82, 2.24) is 14.0 Å². The summed E-state index contributed by atoms with van der Waals surface area (Å²) in [5, 5.41) is 1.13. The zero-order valence-electron chi connectivity index (χ0n) is 14.8. The number of nitrogens with zero attached hydrogens (tertiary/aromatic N) is 3. The van der Waals surface area contributed by atoms with Crippen molar-refractivity contribution in [2.45, 2.75) is 25.4 Å². The van der Waals surface area contributed by atoms with Crippen LogP contribution in [0.2, 0.25) is 0 Å². The van der Waals surface area contributed by atoms with Gasteiger partial charge < -0.3 is 14.0 Å². The van der Waals surface area contributed by atoms with Crippen LogP contribution in [0.5, 0.6) is 0 Å². The number of carbonyl (C=O) groups is 1. The van der Waals surface area contributed by atoms with Gasteiger partial charge in [0.25, 0.3) is 5.56 Å². The van der Waals surface area contributed by atoms with Crippen molar-refractivity contribution in [2.75, 3.05) is 13.1 Å². The van der Waals surface area contributed by atoms with Crippen LogP contribution < -0.4 is 5.56 Å². The molecule has 5 rings (SSSR count). The molecule has 0 spiro atoms. The molecule has 27 heavy (non-hydrogen) atoms. The number of carbonyl (C=O) groups excluding carboxylic acids is 1. The first kappa shape index (κ1) is 16.8. The van der Waals surface area contributed by atoms with Gasteiger partial charge in [-0.1, -0.05) is 28.1 Å². The van der Waals surface area contributed by atoms with E-state index in [0.29, 0.717) is 25.6 Å². The van der Waals surface area contributed by atoms with E-state index in [9.17, 15) is 9.59 Å². The van der Waals surface area contributed by atoms with E-state index >= 15 is 0 Å². The van der Waals surface area contributed by atoms with Crippen LogP contribution in [0.4, 0.5) is 0 Å². The van der Waals surface area contributed by atoms with E-state index in [2.05, 4.69) is 28.1 Å². The number of aromatic nitrogens is 2. The van der Waals surface area contributed by atoms with Crippen molar-refractivity contribution >= 4 is 32.7 Å². The predicted octanol–water partition coefficient (Wildman–Crippen LogP) is 3.21. The van der Waals surface area contributed by atoms with Crippen LogP contribution in [0, 0.1) is 5.92 Å². The van der Waals surface area contributed by atoms with Crippen molar-refractivity contribution < 1.29 is 4.79 Å². The summed E-state index contributed by atoms with van der Waals surface area (Å²) in [6, 6.07) is 13.7. The largest absolute Gasteiger partial charge is 0.340 e. The molecule has 1 aromatic carbocycles. The molecule has 0 radical (unpaired) electrons. The Bertz CT molecular complexity index is 1100. The summed E-state index contributed by atoms with van der Waals surface area (Å²) in [4.78, 5) is 27.2. The molecule has 1 amide bonds. The fraction of sp³-hybridized carbons (Fsp3) is 0.333. The maximum atomic E-state index is 13.0. The zero-order valence-corrected chi connectivity index (χ0v) is 16.4. The lowest BCUT2D eigenvalue weighted by Gasteiger charge is -2.42. The molecule has 2 bridgehead atoms. The fourth-order valence-electron chi connectivity index (χ4n) is 4.64. The van der Waals surface area contributed by atoms with Gasteiger partial charge >= 0.3 is 0 Å². The molecule has 1 saturated heterocycles. The molecular weight excluding hydrogens is 406 g/mol. The van der Waals surface area contributed by atoms with Crippen LogP contribution in [0.25, 0.3) is 10.9 Å². The lowest BCUT2D eigenvalue weighted by Crippen LogP contribution is -2.49. The van der Waals surface area contributed by atoms with Crippen molar-refractivity contribution in [1.29, 1.82) is 0 Å². The van der Waals surface area contributed by atoms with Crippen molar-refractivity contribution in [3.63, 3.8) is 0 Å². The summed E-state index contributed by atoms with van der Waals surface area (Å²) in [6.07, 6.45) is 3.04. The second-order valence-electron chi connectivity index (χ2n) is 7.64. The second kappa shape index (κ2) is 6.37. The molecule has 2 atom stereocenters. The van der Waals surface area contributed by atoms with E-state index in [1.54, 1.807) is 6.07 Å². The van der Waals surface area contributed by atoms with Crippen LogP contribution in [0.1, 0.15) is 18.0 Å². The van der Waals surface area contributed by atoms with Gasteiger partial charge in [0.2, 0.25) is 5.91 Å². The standard InChI is InChI=1S/C21H20BrN3O2/c22-17-5-4-15-6-7-23(19(15)9-17)13-21(27)24-10-14-8-16(12-24)18-2-1-3-20(26)25(18)11-14/h1-7,9,14,16H,8,10-13H2/t14-,16-/m0/s1. The molecule has 3 aromatic rings. The lowest BCUT2D eigenvalue weighted by atomic mass is 9.83. The van der Waals surface area contributed by atoms with Gasteiger partial charge in [-0.3, -0.25) is 9.59 Å². The first-order valence-electron chi connectivity index (χ1n) is 9.30. The number of fused-ring (bicyclic) bond motifs is 5. The number of pyridine rings is 1. The Morgan fingerprint density at radius 3 is 2.89 bits per heavy atom. The number of rotatable bonds is 2. The fourth-order valence-corrected chi connectivity index (χ4v) is 4.99. The number of hydrogen-bond acceptors (Lipinski definition) is 2. The Labute approximate surface area is 165 Å². The second-order valence-corrected chi connectivity index (χ2v) is 8.56. The highest BCUT2D eigenvalue weighted by atomic mass is 79.9. The third-order valence-corrected chi connectivity index (χ3v) is 6.37. The molecule has 0 saturated carbocycles. The van der Waals surface area contributed by atoms with Gasteiger partial charge in [0.1, 0.15) is 6.54 Å². The molecule has 4 heterocycles. The van der Waals surface area contributed by atoms with Gasteiger partial charge in [-0.15, -0.1) is 0 Å². The molecule has 1 fully saturated rings. The molecule has 0 unspecified atom stereocenters. The van der Waals surface area contributed by atoms with E-state index < -0.39 is 0 Å². The average Bonchev–Trinajstić information content (AvgIpc) is 3.04. The Morgan fingerprint density at radius 1 is 1.11 bits per heavy atom. The Morgan fingerprint density at radius 2 is 2.00 bits per heavy atom. The van der Waals surface area contributed by atoms with Gasteiger partial charge in [-0.25, -0.2) is 0 Å². The number of halogens is 1. The minimum Gasteiger partial charge on any atom is -0.340 e. The average molecular weight is 426 g/mol. The van der Waals surface area contributed by atoms with Crippen LogP contribution in [0.15, 0.2) is 57.9 Å².